The lowest BCUT2D eigenvalue weighted by atomic mass is 10.2. The van der Waals surface area contributed by atoms with E-state index in [-0.39, 0.29) is 18.1 Å². The Morgan fingerprint density at radius 3 is 3.00 bits per heavy atom. The largest absolute Gasteiger partial charge is 0.486 e. The average molecular weight is 406 g/mol. The van der Waals surface area contributed by atoms with Crippen molar-refractivity contribution in [2.24, 2.45) is 0 Å². The maximum absolute atomic E-state index is 12.3. The normalized spacial score (nSPS) is 12.8. The number of benzene rings is 1. The van der Waals surface area contributed by atoms with Crippen LogP contribution in [0.25, 0.3) is 5.69 Å². The molecule has 0 amide bonds. The van der Waals surface area contributed by atoms with Crippen LogP contribution in [0.5, 0.6) is 11.5 Å². The second kappa shape index (κ2) is 7.45. The van der Waals surface area contributed by atoms with Gasteiger partial charge in [0.2, 0.25) is 5.16 Å². The summed E-state index contributed by atoms with van der Waals surface area (Å²) in [5.74, 6) is 0.892. The molecular formula is C16H14N4O5S2. The quantitative estimate of drug-likeness (QED) is 0.637. The van der Waals surface area contributed by atoms with Crippen molar-refractivity contribution < 1.29 is 19.0 Å². The Hall–Kier alpha value is -2.79. The van der Waals surface area contributed by atoms with Crippen molar-refractivity contribution in [3.8, 4) is 17.2 Å². The summed E-state index contributed by atoms with van der Waals surface area (Å²) in [6.45, 7) is 0.956. The molecule has 11 heteroatoms. The van der Waals surface area contributed by atoms with Crippen LogP contribution in [0.3, 0.4) is 0 Å². The van der Waals surface area contributed by atoms with Crippen molar-refractivity contribution in [3.63, 3.8) is 0 Å². The number of nitrogens with zero attached hydrogens (tertiary/aromatic N) is 3. The van der Waals surface area contributed by atoms with Crippen molar-refractivity contribution >= 4 is 29.1 Å². The van der Waals surface area contributed by atoms with Crippen LogP contribution in [0, 0.1) is 0 Å². The van der Waals surface area contributed by atoms with Gasteiger partial charge in [-0.3, -0.25) is 4.79 Å². The Bertz CT molecular complexity index is 1040. The number of thiazole rings is 1. The third-order valence-electron chi connectivity index (χ3n) is 3.68. The fourth-order valence-corrected chi connectivity index (χ4v) is 4.43. The van der Waals surface area contributed by atoms with Crippen molar-refractivity contribution in [1.82, 2.24) is 19.7 Å². The Morgan fingerprint density at radius 2 is 2.19 bits per heavy atom. The second-order valence-electron chi connectivity index (χ2n) is 5.42. The fraction of sp³-hybridized carbons (Fsp3) is 0.250. The smallest absolute Gasteiger partial charge is 0.348 e. The van der Waals surface area contributed by atoms with E-state index in [1.807, 2.05) is 0 Å². The average Bonchev–Trinajstić information content (AvgIpc) is 3.27. The van der Waals surface area contributed by atoms with Gasteiger partial charge in [-0.05, 0) is 23.9 Å². The maximum Gasteiger partial charge on any atom is 0.348 e. The van der Waals surface area contributed by atoms with E-state index in [9.17, 15) is 9.59 Å². The molecule has 1 aromatic carbocycles. The van der Waals surface area contributed by atoms with Gasteiger partial charge in [0.1, 0.15) is 13.2 Å². The van der Waals surface area contributed by atoms with Gasteiger partial charge in [-0.2, -0.15) is 0 Å². The van der Waals surface area contributed by atoms with Gasteiger partial charge in [0.15, 0.2) is 15.8 Å². The zero-order chi connectivity index (χ0) is 18.8. The van der Waals surface area contributed by atoms with E-state index in [1.165, 1.54) is 34.8 Å². The summed E-state index contributed by atoms with van der Waals surface area (Å²) in [7, 11) is 1.34. The molecule has 3 aromatic rings. The first-order chi connectivity index (χ1) is 13.1. The Kier molecular flexibility index (Phi) is 4.86. The van der Waals surface area contributed by atoms with Gasteiger partial charge in [-0.1, -0.05) is 0 Å². The van der Waals surface area contributed by atoms with Gasteiger partial charge in [-0.25, -0.2) is 19.4 Å². The molecule has 3 heterocycles. The number of esters is 1. The highest BCUT2D eigenvalue weighted by molar-refractivity contribution is 8.00. The van der Waals surface area contributed by atoms with Gasteiger partial charge < -0.3 is 14.2 Å². The summed E-state index contributed by atoms with van der Waals surface area (Å²) in [5, 5.41) is 6.96. The molecule has 0 saturated heterocycles. The molecule has 0 atom stereocenters. The summed E-state index contributed by atoms with van der Waals surface area (Å²) in [6.07, 6.45) is 1.77. The number of fused-ring (bicyclic) bond motifs is 1. The molecule has 9 nitrogen and oxygen atoms in total. The number of methoxy groups -OCH3 is 1. The zero-order valence-corrected chi connectivity index (χ0v) is 15.8. The molecule has 1 N–H and O–H groups in total. The van der Waals surface area contributed by atoms with Crippen LogP contribution in [0.2, 0.25) is 0 Å². The van der Waals surface area contributed by atoms with Gasteiger partial charge in [0.05, 0.1) is 19.2 Å². The molecule has 0 aliphatic carbocycles. The number of hydrogen-bond acceptors (Lipinski definition) is 9. The third kappa shape index (κ3) is 3.69. The molecule has 1 aliphatic rings. The Morgan fingerprint density at radius 1 is 1.37 bits per heavy atom. The van der Waals surface area contributed by atoms with Gasteiger partial charge in [0, 0.05) is 17.1 Å². The molecule has 2 aromatic heterocycles. The molecule has 27 heavy (non-hydrogen) atoms. The number of hydrogen-bond donors (Lipinski definition) is 1. The maximum atomic E-state index is 12.3. The first-order valence-corrected chi connectivity index (χ1v) is 9.54. The molecule has 0 radical (unpaired) electrons. The Labute approximate surface area is 161 Å². The number of carbonyl (C=O) groups is 1. The molecule has 0 unspecified atom stereocenters. The summed E-state index contributed by atoms with van der Waals surface area (Å²) in [6, 6.07) is 5.26. The van der Waals surface area contributed by atoms with Crippen molar-refractivity contribution in [2.75, 3.05) is 20.3 Å². The van der Waals surface area contributed by atoms with Crippen molar-refractivity contribution in [1.29, 1.82) is 0 Å². The van der Waals surface area contributed by atoms with E-state index in [0.29, 0.717) is 39.9 Å². The number of carbonyl (C=O) groups excluding carboxylic acids is 1. The highest BCUT2D eigenvalue weighted by Crippen LogP contribution is 2.34. The van der Waals surface area contributed by atoms with Crippen LogP contribution in [0.4, 0.5) is 0 Å². The highest BCUT2D eigenvalue weighted by Gasteiger charge is 2.18. The molecular weight excluding hydrogens is 392 g/mol. The summed E-state index contributed by atoms with van der Waals surface area (Å²) >= 11 is 2.57. The number of H-pyrrole nitrogens is 1. The predicted molar refractivity (Wildman–Crippen MR) is 97.1 cm³/mol. The van der Waals surface area contributed by atoms with Gasteiger partial charge in [0.25, 0.3) is 0 Å². The minimum atomic E-state index is -0.375. The lowest BCUT2D eigenvalue weighted by Crippen LogP contribution is -2.18. The second-order valence-corrected chi connectivity index (χ2v) is 7.75. The lowest BCUT2D eigenvalue weighted by molar-refractivity contribution is -0.139. The van der Waals surface area contributed by atoms with Gasteiger partial charge in [-0.15, -0.1) is 16.4 Å². The van der Waals surface area contributed by atoms with Crippen LogP contribution >= 0.6 is 23.1 Å². The van der Waals surface area contributed by atoms with Crippen molar-refractivity contribution in [3.05, 3.63) is 39.8 Å². The molecule has 0 spiro atoms. The van der Waals surface area contributed by atoms with E-state index in [0.717, 1.165) is 4.88 Å². The van der Waals surface area contributed by atoms with Crippen LogP contribution in [0.1, 0.15) is 4.88 Å². The summed E-state index contributed by atoms with van der Waals surface area (Å²) < 4.78 is 17.8. The molecule has 140 valence electrons. The Balaban J connectivity index is 1.61. The first-order valence-electron chi connectivity index (χ1n) is 7.91. The first kappa shape index (κ1) is 17.6. The monoisotopic (exact) mass is 406 g/mol. The highest BCUT2D eigenvalue weighted by atomic mass is 32.2. The van der Waals surface area contributed by atoms with E-state index in [4.69, 9.17) is 9.47 Å². The van der Waals surface area contributed by atoms with Crippen LogP contribution in [-0.4, -0.2) is 46.0 Å². The molecule has 1 aliphatic heterocycles. The lowest BCUT2D eigenvalue weighted by Gasteiger charge is -2.19. The SMILES string of the molecule is COC(=O)Cc1cnc(Sc2n[nH]c(=O)n2-c2ccc3c(c2)OCCO3)s1. The minimum Gasteiger partial charge on any atom is -0.486 e. The van der Waals surface area contributed by atoms with Crippen LogP contribution < -0.4 is 15.2 Å². The van der Waals surface area contributed by atoms with Gasteiger partial charge >= 0.3 is 11.7 Å². The summed E-state index contributed by atoms with van der Waals surface area (Å²) in [4.78, 5) is 28.7. The number of aromatic nitrogens is 4. The molecule has 0 fully saturated rings. The third-order valence-corrected chi connectivity index (χ3v) is 5.71. The number of ether oxygens (including phenoxy) is 3. The summed E-state index contributed by atoms with van der Waals surface area (Å²) in [5.41, 5.74) is 0.229. The number of rotatable bonds is 5. The predicted octanol–water partition coefficient (Wildman–Crippen LogP) is 1.66. The van der Waals surface area contributed by atoms with E-state index < -0.39 is 0 Å². The van der Waals surface area contributed by atoms with Crippen LogP contribution in [-0.2, 0) is 16.0 Å². The number of nitrogens with one attached hydrogen (secondary N) is 1. The molecule has 0 bridgehead atoms. The van der Waals surface area contributed by atoms with E-state index in [2.05, 4.69) is 19.9 Å². The van der Waals surface area contributed by atoms with Crippen molar-refractivity contribution in [2.45, 2.75) is 15.9 Å². The minimum absolute atomic E-state index is 0.157. The van der Waals surface area contributed by atoms with E-state index >= 15 is 0 Å². The zero-order valence-electron chi connectivity index (χ0n) is 14.1. The fourth-order valence-electron chi connectivity index (χ4n) is 2.46. The number of aromatic amines is 1. The van der Waals surface area contributed by atoms with E-state index in [1.54, 1.807) is 24.4 Å². The standard InChI is InChI=1S/C16H14N4O5S2/c1-23-13(21)7-10-8-17-16(26-10)27-15-19-18-14(22)20(15)9-2-3-11-12(6-9)25-5-4-24-11/h2-3,6,8H,4-5,7H2,1H3,(H,18,22). The molecule has 4 rings (SSSR count). The van der Waals surface area contributed by atoms with Crippen LogP contribution in [0.15, 0.2) is 38.7 Å². The topological polar surface area (TPSA) is 108 Å². The molecule has 0 saturated carbocycles.